The maximum atomic E-state index is 13.3. The van der Waals surface area contributed by atoms with E-state index in [0.717, 1.165) is 24.3 Å². The van der Waals surface area contributed by atoms with Crippen LogP contribution in [-0.4, -0.2) is 47.4 Å². The highest BCUT2D eigenvalue weighted by atomic mass is 19.4. The zero-order valence-electron chi connectivity index (χ0n) is 14.7. The van der Waals surface area contributed by atoms with Crippen LogP contribution in [0.1, 0.15) is 32.3 Å². The molecule has 0 heterocycles. The van der Waals surface area contributed by atoms with Crippen LogP contribution in [0.25, 0.3) is 0 Å². The van der Waals surface area contributed by atoms with Gasteiger partial charge in [-0.2, -0.15) is 13.2 Å². The van der Waals surface area contributed by atoms with E-state index in [1.807, 2.05) is 0 Å². The molecule has 150 valence electrons. The zero-order valence-corrected chi connectivity index (χ0v) is 14.7. The van der Waals surface area contributed by atoms with E-state index in [1.54, 1.807) is 6.92 Å². The minimum atomic E-state index is -5.32. The van der Waals surface area contributed by atoms with E-state index in [0.29, 0.717) is 0 Å². The SMILES string of the molecule is CCOC(=O)[C@@](O)(c1ccc(N(CC)C(=O)CCC(=O)O)cc1)C(F)(F)F. The summed E-state index contributed by atoms with van der Waals surface area (Å²) in [6.07, 6.45) is -5.98. The Morgan fingerprint density at radius 2 is 1.63 bits per heavy atom. The molecule has 1 amide bonds. The largest absolute Gasteiger partial charge is 0.481 e. The third-order valence-electron chi connectivity index (χ3n) is 3.75. The maximum Gasteiger partial charge on any atom is 0.432 e. The van der Waals surface area contributed by atoms with Crippen molar-refractivity contribution in [1.82, 2.24) is 0 Å². The number of halogens is 3. The van der Waals surface area contributed by atoms with Crippen LogP contribution < -0.4 is 4.90 Å². The number of aliphatic hydroxyl groups is 1. The molecule has 2 N–H and O–H groups in total. The van der Waals surface area contributed by atoms with Crippen LogP contribution in [0.2, 0.25) is 0 Å². The predicted octanol–water partition coefficient (Wildman–Crippen LogP) is 2.22. The number of nitrogens with zero attached hydrogens (tertiary/aromatic N) is 1. The van der Waals surface area contributed by atoms with E-state index in [2.05, 4.69) is 4.74 Å². The van der Waals surface area contributed by atoms with Crippen molar-refractivity contribution < 1.29 is 42.5 Å². The zero-order chi connectivity index (χ0) is 20.8. The molecule has 1 aromatic carbocycles. The van der Waals surface area contributed by atoms with Crippen LogP contribution in [0.15, 0.2) is 24.3 Å². The second kappa shape index (κ2) is 8.85. The Bertz CT molecular complexity index is 689. The summed E-state index contributed by atoms with van der Waals surface area (Å²) in [7, 11) is 0. The van der Waals surface area contributed by atoms with E-state index in [4.69, 9.17) is 5.11 Å². The average Bonchev–Trinajstić information content (AvgIpc) is 2.59. The second-order valence-corrected chi connectivity index (χ2v) is 5.51. The number of benzene rings is 1. The van der Waals surface area contributed by atoms with Crippen molar-refractivity contribution in [2.24, 2.45) is 0 Å². The van der Waals surface area contributed by atoms with Gasteiger partial charge in [-0.15, -0.1) is 0 Å². The number of esters is 1. The Hall–Kier alpha value is -2.62. The molecule has 27 heavy (non-hydrogen) atoms. The molecular weight excluding hydrogens is 371 g/mol. The Balaban J connectivity index is 3.18. The molecule has 0 spiro atoms. The number of hydrogen-bond donors (Lipinski definition) is 2. The lowest BCUT2D eigenvalue weighted by Gasteiger charge is -2.29. The summed E-state index contributed by atoms with van der Waals surface area (Å²) in [5.74, 6) is -3.53. The Kier molecular flexibility index (Phi) is 7.35. The summed E-state index contributed by atoms with van der Waals surface area (Å²) < 4.78 is 44.3. The van der Waals surface area contributed by atoms with Gasteiger partial charge in [0.15, 0.2) is 0 Å². The number of alkyl halides is 3. The van der Waals surface area contributed by atoms with E-state index in [9.17, 15) is 32.7 Å². The number of ether oxygens (including phenoxy) is 1. The first kappa shape index (κ1) is 22.4. The highest BCUT2D eigenvalue weighted by molar-refractivity contribution is 5.94. The van der Waals surface area contributed by atoms with Crippen LogP contribution in [-0.2, 0) is 24.7 Å². The molecule has 0 fully saturated rings. The molecule has 0 aromatic heterocycles. The minimum Gasteiger partial charge on any atom is -0.481 e. The molecule has 0 radical (unpaired) electrons. The standard InChI is InChI=1S/C17H20F3NO6/c1-3-21(13(22)9-10-14(23)24)12-7-5-11(6-8-12)16(26,17(18,19)20)15(25)27-4-2/h5-8,26H,3-4,9-10H2,1-2H3,(H,23,24)/t16-/m0/s1. The van der Waals surface area contributed by atoms with Gasteiger partial charge in [-0.1, -0.05) is 12.1 Å². The van der Waals surface area contributed by atoms with Gasteiger partial charge < -0.3 is 19.8 Å². The lowest BCUT2D eigenvalue weighted by molar-refractivity contribution is -0.267. The molecule has 0 bridgehead atoms. The molecule has 0 saturated carbocycles. The lowest BCUT2D eigenvalue weighted by Crippen LogP contribution is -2.50. The van der Waals surface area contributed by atoms with Crippen LogP contribution >= 0.6 is 0 Å². The molecular formula is C17H20F3NO6. The summed E-state index contributed by atoms with van der Waals surface area (Å²) >= 11 is 0. The number of carboxylic acid groups (broad SMARTS) is 1. The summed E-state index contributed by atoms with van der Waals surface area (Å²) in [6, 6.07) is 4.00. The first-order chi connectivity index (χ1) is 12.5. The Labute approximate surface area is 153 Å². The van der Waals surface area contributed by atoms with Gasteiger partial charge in [-0.3, -0.25) is 9.59 Å². The predicted molar refractivity (Wildman–Crippen MR) is 87.9 cm³/mol. The maximum absolute atomic E-state index is 13.3. The number of rotatable bonds is 8. The van der Waals surface area contributed by atoms with Gasteiger partial charge in [0.25, 0.3) is 5.60 Å². The van der Waals surface area contributed by atoms with E-state index in [1.165, 1.54) is 11.8 Å². The molecule has 0 unspecified atom stereocenters. The van der Waals surface area contributed by atoms with Crippen LogP contribution in [0.5, 0.6) is 0 Å². The minimum absolute atomic E-state index is 0.152. The van der Waals surface area contributed by atoms with Crippen LogP contribution in [0, 0.1) is 0 Å². The van der Waals surface area contributed by atoms with Gasteiger partial charge in [-0.05, 0) is 26.0 Å². The fraction of sp³-hybridized carbons (Fsp3) is 0.471. The first-order valence-electron chi connectivity index (χ1n) is 8.08. The molecule has 1 rings (SSSR count). The number of carbonyl (C=O) groups is 3. The number of hydrogen-bond acceptors (Lipinski definition) is 5. The topological polar surface area (TPSA) is 104 Å². The molecule has 0 aliphatic rings. The van der Waals surface area contributed by atoms with Crippen molar-refractivity contribution in [3.05, 3.63) is 29.8 Å². The van der Waals surface area contributed by atoms with Gasteiger partial charge in [0.2, 0.25) is 5.91 Å². The fourth-order valence-electron chi connectivity index (χ4n) is 2.37. The van der Waals surface area contributed by atoms with Gasteiger partial charge in [0.1, 0.15) is 0 Å². The molecule has 0 aliphatic carbocycles. The monoisotopic (exact) mass is 391 g/mol. The summed E-state index contributed by atoms with van der Waals surface area (Å²) in [5.41, 5.74) is -4.40. The van der Waals surface area contributed by atoms with E-state index < -0.39 is 35.2 Å². The molecule has 1 aromatic rings. The fourth-order valence-corrected chi connectivity index (χ4v) is 2.37. The van der Waals surface area contributed by atoms with Crippen LogP contribution in [0.4, 0.5) is 18.9 Å². The number of aliphatic carboxylic acids is 1. The smallest absolute Gasteiger partial charge is 0.432 e. The first-order valence-corrected chi connectivity index (χ1v) is 8.08. The normalized spacial score (nSPS) is 13.6. The van der Waals surface area contributed by atoms with Crippen molar-refractivity contribution in [2.45, 2.75) is 38.5 Å². The van der Waals surface area contributed by atoms with Gasteiger partial charge in [-0.25, -0.2) is 4.79 Å². The van der Waals surface area contributed by atoms with Crippen molar-refractivity contribution in [2.75, 3.05) is 18.1 Å². The molecule has 0 aliphatic heterocycles. The molecule has 7 nitrogen and oxygen atoms in total. The van der Waals surface area contributed by atoms with E-state index >= 15 is 0 Å². The highest BCUT2D eigenvalue weighted by Gasteiger charge is 2.62. The Morgan fingerprint density at radius 1 is 1.07 bits per heavy atom. The lowest BCUT2D eigenvalue weighted by atomic mass is 9.92. The summed E-state index contributed by atoms with van der Waals surface area (Å²) in [4.78, 5) is 35.6. The third-order valence-corrected chi connectivity index (χ3v) is 3.75. The number of amides is 1. The van der Waals surface area contributed by atoms with Crippen molar-refractivity contribution in [3.63, 3.8) is 0 Å². The summed E-state index contributed by atoms with van der Waals surface area (Å²) in [6.45, 7) is 2.72. The van der Waals surface area contributed by atoms with Gasteiger partial charge >= 0.3 is 18.1 Å². The molecule has 10 heteroatoms. The van der Waals surface area contributed by atoms with Gasteiger partial charge in [0.05, 0.1) is 13.0 Å². The Morgan fingerprint density at radius 3 is 2.04 bits per heavy atom. The quantitative estimate of drug-likeness (QED) is 0.659. The van der Waals surface area contributed by atoms with Crippen molar-refractivity contribution >= 4 is 23.5 Å². The van der Waals surface area contributed by atoms with Crippen LogP contribution in [0.3, 0.4) is 0 Å². The van der Waals surface area contributed by atoms with Crippen molar-refractivity contribution in [1.29, 1.82) is 0 Å². The third kappa shape index (κ3) is 4.97. The summed E-state index contributed by atoms with van der Waals surface area (Å²) in [5, 5.41) is 18.7. The number of carbonyl (C=O) groups excluding carboxylic acids is 2. The molecule has 1 atom stereocenters. The number of carboxylic acids is 1. The molecule has 0 saturated heterocycles. The van der Waals surface area contributed by atoms with Crippen molar-refractivity contribution in [3.8, 4) is 0 Å². The van der Waals surface area contributed by atoms with E-state index in [-0.39, 0.29) is 31.7 Å². The highest BCUT2D eigenvalue weighted by Crippen LogP contribution is 2.40. The van der Waals surface area contributed by atoms with Gasteiger partial charge in [0, 0.05) is 24.2 Å². The second-order valence-electron chi connectivity index (χ2n) is 5.51. The number of anilines is 1. The average molecular weight is 391 g/mol.